The lowest BCUT2D eigenvalue weighted by atomic mass is 10.1. The first kappa shape index (κ1) is 19.9. The van der Waals surface area contributed by atoms with Gasteiger partial charge in [-0.3, -0.25) is 9.78 Å². The number of nitrogens with one attached hydrogen (secondary N) is 1. The molecule has 1 heterocycles. The Morgan fingerprint density at radius 3 is 2.62 bits per heavy atom. The van der Waals surface area contributed by atoms with Crippen molar-refractivity contribution in [1.82, 2.24) is 10.3 Å². The van der Waals surface area contributed by atoms with Crippen molar-refractivity contribution in [3.63, 3.8) is 0 Å². The molecule has 140 valence electrons. The lowest BCUT2D eigenvalue weighted by molar-refractivity contribution is -0.143. The van der Waals surface area contributed by atoms with Crippen LogP contribution in [0.1, 0.15) is 62.2 Å². The zero-order valence-electron chi connectivity index (χ0n) is 15.7. The molecular formula is C21H28N2O3. The van der Waals surface area contributed by atoms with Crippen LogP contribution >= 0.6 is 0 Å². The van der Waals surface area contributed by atoms with E-state index in [1.807, 2.05) is 24.3 Å². The van der Waals surface area contributed by atoms with E-state index < -0.39 is 12.0 Å². The number of fused-ring (bicyclic) bond motifs is 1. The lowest BCUT2D eigenvalue weighted by Gasteiger charge is -2.16. The van der Waals surface area contributed by atoms with Crippen LogP contribution in [0.2, 0.25) is 0 Å². The largest absolute Gasteiger partial charge is 0.467 e. The maximum Gasteiger partial charge on any atom is 0.328 e. The number of hydrogen-bond acceptors (Lipinski definition) is 4. The Bertz CT molecular complexity index is 730. The number of nitrogens with zero attached hydrogens (tertiary/aromatic N) is 1. The minimum atomic E-state index is -0.620. The third-order valence-corrected chi connectivity index (χ3v) is 4.49. The van der Waals surface area contributed by atoms with Gasteiger partial charge in [0.1, 0.15) is 6.04 Å². The number of para-hydroxylation sites is 1. The lowest BCUT2D eigenvalue weighted by Crippen LogP contribution is -2.41. The fourth-order valence-corrected chi connectivity index (χ4v) is 2.96. The molecule has 0 bridgehead atoms. The van der Waals surface area contributed by atoms with Crippen molar-refractivity contribution in [3.8, 4) is 0 Å². The van der Waals surface area contributed by atoms with E-state index in [4.69, 9.17) is 4.74 Å². The van der Waals surface area contributed by atoms with E-state index in [1.54, 1.807) is 6.07 Å². The molecule has 1 atom stereocenters. The fraction of sp³-hybridized carbons (Fsp3) is 0.476. The molecule has 2 aromatic rings. The molecule has 2 rings (SSSR count). The topological polar surface area (TPSA) is 68.3 Å². The van der Waals surface area contributed by atoms with E-state index in [0.717, 1.165) is 30.2 Å². The molecule has 0 spiro atoms. The minimum Gasteiger partial charge on any atom is -0.467 e. The molecule has 1 aromatic carbocycles. The molecule has 5 heteroatoms. The molecule has 0 fully saturated rings. The van der Waals surface area contributed by atoms with E-state index in [0.29, 0.717) is 12.0 Å². The number of hydrogen-bond donors (Lipinski definition) is 1. The number of methoxy groups -OCH3 is 1. The SMILES string of the molecule is CCCCCCCC[C@H](NC(=O)c1cnc2ccccc2c1)C(=O)OC. The summed E-state index contributed by atoms with van der Waals surface area (Å²) >= 11 is 0. The van der Waals surface area contributed by atoms with Crippen LogP contribution in [0.5, 0.6) is 0 Å². The molecular weight excluding hydrogens is 328 g/mol. The van der Waals surface area contributed by atoms with E-state index in [2.05, 4.69) is 17.2 Å². The standard InChI is InChI=1S/C21H28N2O3/c1-3-4-5-6-7-8-13-19(21(25)26-2)23-20(24)17-14-16-11-9-10-12-18(16)22-15-17/h9-12,14-15,19H,3-8,13H2,1-2H3,(H,23,24)/t19-/m0/s1. The van der Waals surface area contributed by atoms with E-state index in [9.17, 15) is 9.59 Å². The number of amides is 1. The van der Waals surface area contributed by atoms with Crippen LogP contribution in [-0.4, -0.2) is 30.0 Å². The van der Waals surface area contributed by atoms with Crippen molar-refractivity contribution in [3.05, 3.63) is 42.1 Å². The van der Waals surface area contributed by atoms with Crippen LogP contribution in [-0.2, 0) is 9.53 Å². The van der Waals surface area contributed by atoms with Crippen LogP contribution < -0.4 is 5.32 Å². The second-order valence-electron chi connectivity index (χ2n) is 6.52. The van der Waals surface area contributed by atoms with Crippen LogP contribution in [0.4, 0.5) is 0 Å². The second-order valence-corrected chi connectivity index (χ2v) is 6.52. The Morgan fingerprint density at radius 2 is 1.85 bits per heavy atom. The first-order valence-electron chi connectivity index (χ1n) is 9.39. The maximum atomic E-state index is 12.5. The molecule has 1 amide bonds. The van der Waals surface area contributed by atoms with Crippen molar-refractivity contribution < 1.29 is 14.3 Å². The summed E-state index contributed by atoms with van der Waals surface area (Å²) in [7, 11) is 1.35. The highest BCUT2D eigenvalue weighted by Gasteiger charge is 2.22. The van der Waals surface area contributed by atoms with E-state index in [-0.39, 0.29) is 5.91 Å². The van der Waals surface area contributed by atoms with Gasteiger partial charge in [0, 0.05) is 11.6 Å². The van der Waals surface area contributed by atoms with Gasteiger partial charge in [-0.15, -0.1) is 0 Å². The highest BCUT2D eigenvalue weighted by molar-refractivity contribution is 5.99. The quantitative estimate of drug-likeness (QED) is 0.510. The Hall–Kier alpha value is -2.43. The fourth-order valence-electron chi connectivity index (χ4n) is 2.96. The van der Waals surface area contributed by atoms with E-state index in [1.165, 1.54) is 32.6 Å². The van der Waals surface area contributed by atoms with Crippen LogP contribution in [0, 0.1) is 0 Å². The Labute approximate surface area is 155 Å². The Balaban J connectivity index is 1.95. The number of rotatable bonds is 10. The molecule has 0 saturated heterocycles. The summed E-state index contributed by atoms with van der Waals surface area (Å²) in [5.74, 6) is -0.703. The van der Waals surface area contributed by atoms with Gasteiger partial charge in [-0.2, -0.15) is 0 Å². The van der Waals surface area contributed by atoms with Gasteiger partial charge in [-0.1, -0.05) is 63.6 Å². The Morgan fingerprint density at radius 1 is 1.12 bits per heavy atom. The highest BCUT2D eigenvalue weighted by atomic mass is 16.5. The Kier molecular flexibility index (Phi) is 8.06. The molecule has 5 nitrogen and oxygen atoms in total. The van der Waals surface area contributed by atoms with Gasteiger partial charge in [0.2, 0.25) is 0 Å². The number of carbonyl (C=O) groups is 2. The summed E-state index contributed by atoms with van der Waals surface area (Å²) < 4.78 is 4.85. The van der Waals surface area contributed by atoms with Gasteiger partial charge in [0.15, 0.2) is 0 Å². The second kappa shape index (κ2) is 10.5. The van der Waals surface area contributed by atoms with Gasteiger partial charge in [-0.25, -0.2) is 4.79 Å². The number of ether oxygens (including phenoxy) is 1. The molecule has 1 N–H and O–H groups in total. The monoisotopic (exact) mass is 356 g/mol. The first-order valence-corrected chi connectivity index (χ1v) is 9.39. The van der Waals surface area contributed by atoms with Crippen molar-refractivity contribution in [2.75, 3.05) is 7.11 Å². The summed E-state index contributed by atoms with van der Waals surface area (Å²) in [6, 6.07) is 8.78. The van der Waals surface area contributed by atoms with Gasteiger partial charge in [0.25, 0.3) is 5.91 Å². The van der Waals surface area contributed by atoms with Crippen molar-refractivity contribution in [2.24, 2.45) is 0 Å². The molecule has 0 aliphatic heterocycles. The van der Waals surface area contributed by atoms with Crippen molar-refractivity contribution >= 4 is 22.8 Å². The highest BCUT2D eigenvalue weighted by Crippen LogP contribution is 2.14. The zero-order chi connectivity index (χ0) is 18.8. The number of benzene rings is 1. The number of aromatic nitrogens is 1. The normalized spacial score (nSPS) is 11.9. The molecule has 0 unspecified atom stereocenters. The smallest absolute Gasteiger partial charge is 0.328 e. The number of carbonyl (C=O) groups excluding carboxylic acids is 2. The molecule has 1 aromatic heterocycles. The summed E-state index contributed by atoms with van der Waals surface area (Å²) in [6.07, 6.45) is 8.90. The van der Waals surface area contributed by atoms with Crippen molar-refractivity contribution in [1.29, 1.82) is 0 Å². The third kappa shape index (κ3) is 5.83. The number of esters is 1. The zero-order valence-corrected chi connectivity index (χ0v) is 15.7. The van der Waals surface area contributed by atoms with Gasteiger partial charge >= 0.3 is 5.97 Å². The average molecular weight is 356 g/mol. The first-order chi connectivity index (χ1) is 12.7. The van der Waals surface area contributed by atoms with Gasteiger partial charge in [0.05, 0.1) is 18.2 Å². The molecule has 26 heavy (non-hydrogen) atoms. The van der Waals surface area contributed by atoms with E-state index >= 15 is 0 Å². The van der Waals surface area contributed by atoms with Crippen LogP contribution in [0.25, 0.3) is 10.9 Å². The summed E-state index contributed by atoms with van der Waals surface area (Å²) in [5.41, 5.74) is 1.28. The maximum absolute atomic E-state index is 12.5. The third-order valence-electron chi connectivity index (χ3n) is 4.49. The number of pyridine rings is 1. The van der Waals surface area contributed by atoms with Crippen molar-refractivity contribution in [2.45, 2.75) is 57.9 Å². The van der Waals surface area contributed by atoms with Crippen LogP contribution in [0.3, 0.4) is 0 Å². The average Bonchev–Trinajstić information content (AvgIpc) is 2.68. The summed E-state index contributed by atoms with van der Waals surface area (Å²) in [6.45, 7) is 2.18. The molecule has 0 radical (unpaired) electrons. The van der Waals surface area contributed by atoms with Gasteiger partial charge < -0.3 is 10.1 Å². The number of unbranched alkanes of at least 4 members (excludes halogenated alkanes) is 5. The minimum absolute atomic E-state index is 0.301. The van der Waals surface area contributed by atoms with Crippen LogP contribution in [0.15, 0.2) is 36.5 Å². The molecule has 0 aliphatic carbocycles. The molecule has 0 aliphatic rings. The predicted molar refractivity (Wildman–Crippen MR) is 103 cm³/mol. The summed E-state index contributed by atoms with van der Waals surface area (Å²) in [4.78, 5) is 28.8. The predicted octanol–water partition coefficient (Wildman–Crippen LogP) is 4.26. The molecule has 0 saturated carbocycles. The van der Waals surface area contributed by atoms with Gasteiger partial charge in [-0.05, 0) is 18.6 Å². The summed E-state index contributed by atoms with van der Waals surface area (Å²) in [5, 5.41) is 3.69.